The van der Waals surface area contributed by atoms with Crippen LogP contribution in [0, 0.1) is 5.92 Å². The topological polar surface area (TPSA) is 84.9 Å². The van der Waals surface area contributed by atoms with Gasteiger partial charge in [0.15, 0.2) is 11.5 Å². The lowest BCUT2D eigenvalue weighted by molar-refractivity contribution is 0.0925. The smallest absolute Gasteiger partial charge is 0.251 e. The molecule has 0 bridgehead atoms. The van der Waals surface area contributed by atoms with Crippen molar-refractivity contribution in [1.29, 1.82) is 0 Å². The van der Waals surface area contributed by atoms with Crippen molar-refractivity contribution in [2.45, 2.75) is 24.8 Å². The molecule has 2 aromatic carbocycles. The average molecular weight is 453 g/mol. The van der Waals surface area contributed by atoms with Gasteiger partial charge in [0, 0.05) is 19.7 Å². The first-order valence-electron chi connectivity index (χ1n) is 9.53. The fourth-order valence-electron chi connectivity index (χ4n) is 3.15. The molecular formula is C21H25ClN2O5S. The third-order valence-electron chi connectivity index (χ3n) is 4.83. The van der Waals surface area contributed by atoms with E-state index in [4.69, 9.17) is 21.1 Å². The largest absolute Gasteiger partial charge is 0.486 e. The third-order valence-corrected chi connectivity index (χ3v) is 7.13. The summed E-state index contributed by atoms with van der Waals surface area (Å²) in [7, 11) is -0.956. The van der Waals surface area contributed by atoms with E-state index in [1.54, 1.807) is 0 Å². The Bertz CT molecular complexity index is 1050. The van der Waals surface area contributed by atoms with E-state index >= 15 is 0 Å². The fourth-order valence-corrected chi connectivity index (χ4v) is 4.55. The molecular weight excluding hydrogens is 428 g/mol. The van der Waals surface area contributed by atoms with Gasteiger partial charge in [-0.15, -0.1) is 0 Å². The summed E-state index contributed by atoms with van der Waals surface area (Å²) in [6.07, 6.45) is 0. The molecule has 30 heavy (non-hydrogen) atoms. The zero-order chi connectivity index (χ0) is 22.1. The molecule has 1 N–H and O–H groups in total. The van der Waals surface area contributed by atoms with Gasteiger partial charge in [-0.1, -0.05) is 31.5 Å². The number of nitrogens with zero attached hydrogens (tertiary/aromatic N) is 1. The minimum absolute atomic E-state index is 0.0625. The van der Waals surface area contributed by atoms with Gasteiger partial charge >= 0.3 is 0 Å². The summed E-state index contributed by atoms with van der Waals surface area (Å²) < 4.78 is 37.3. The number of rotatable bonds is 6. The van der Waals surface area contributed by atoms with Gasteiger partial charge in [-0.3, -0.25) is 4.79 Å². The van der Waals surface area contributed by atoms with Crippen molar-refractivity contribution in [3.05, 3.63) is 52.5 Å². The van der Waals surface area contributed by atoms with E-state index in [0.29, 0.717) is 24.7 Å². The maximum atomic E-state index is 13.0. The van der Waals surface area contributed by atoms with Crippen LogP contribution < -0.4 is 14.8 Å². The van der Waals surface area contributed by atoms with Crippen molar-refractivity contribution in [3.63, 3.8) is 0 Å². The van der Waals surface area contributed by atoms with E-state index in [0.717, 1.165) is 9.87 Å². The van der Waals surface area contributed by atoms with Crippen molar-refractivity contribution in [2.75, 3.05) is 27.3 Å². The number of amides is 1. The van der Waals surface area contributed by atoms with Gasteiger partial charge in [-0.2, -0.15) is 0 Å². The highest BCUT2D eigenvalue weighted by atomic mass is 35.5. The van der Waals surface area contributed by atoms with Crippen LogP contribution in [0.1, 0.15) is 35.8 Å². The van der Waals surface area contributed by atoms with Crippen LogP contribution >= 0.6 is 11.6 Å². The fraction of sp³-hybridized carbons (Fsp3) is 0.381. The number of benzene rings is 2. The summed E-state index contributed by atoms with van der Waals surface area (Å²) >= 11 is 6.09. The molecule has 3 rings (SSSR count). The second-order valence-corrected chi connectivity index (χ2v) is 10.1. The molecule has 7 nitrogen and oxygen atoms in total. The Morgan fingerprint density at radius 3 is 2.37 bits per heavy atom. The van der Waals surface area contributed by atoms with Gasteiger partial charge in [-0.25, -0.2) is 12.7 Å². The van der Waals surface area contributed by atoms with Crippen LogP contribution in [0.15, 0.2) is 41.3 Å². The molecule has 1 unspecified atom stereocenters. The number of hydrogen-bond donors (Lipinski definition) is 1. The zero-order valence-electron chi connectivity index (χ0n) is 17.3. The monoisotopic (exact) mass is 452 g/mol. The molecule has 1 atom stereocenters. The summed E-state index contributed by atoms with van der Waals surface area (Å²) in [4.78, 5) is 12.9. The Hall–Kier alpha value is -2.29. The van der Waals surface area contributed by atoms with Crippen LogP contribution in [0.5, 0.6) is 11.5 Å². The minimum Gasteiger partial charge on any atom is -0.486 e. The quantitative estimate of drug-likeness (QED) is 0.725. The molecule has 162 valence electrons. The Kier molecular flexibility index (Phi) is 6.59. The number of fused-ring (bicyclic) bond motifs is 1. The maximum absolute atomic E-state index is 13.0. The molecule has 1 amide bonds. The van der Waals surface area contributed by atoms with Crippen molar-refractivity contribution in [1.82, 2.24) is 9.62 Å². The highest BCUT2D eigenvalue weighted by molar-refractivity contribution is 7.89. The Balaban J connectivity index is 1.89. The third kappa shape index (κ3) is 4.55. The summed E-state index contributed by atoms with van der Waals surface area (Å²) in [5, 5.41) is 3.06. The predicted octanol–water partition coefficient (Wildman–Crippen LogP) is 3.49. The van der Waals surface area contributed by atoms with Gasteiger partial charge in [0.2, 0.25) is 10.0 Å². The van der Waals surface area contributed by atoms with E-state index in [2.05, 4.69) is 5.32 Å². The molecule has 0 aromatic heterocycles. The van der Waals surface area contributed by atoms with E-state index in [1.165, 1.54) is 32.3 Å². The van der Waals surface area contributed by atoms with Gasteiger partial charge in [0.05, 0.1) is 11.1 Å². The lowest BCUT2D eigenvalue weighted by atomic mass is 9.95. The molecule has 0 saturated carbocycles. The average Bonchev–Trinajstić information content (AvgIpc) is 2.71. The van der Waals surface area contributed by atoms with Crippen molar-refractivity contribution < 1.29 is 22.7 Å². The van der Waals surface area contributed by atoms with Crippen LogP contribution in [0.4, 0.5) is 0 Å². The Labute approximate surface area is 182 Å². The van der Waals surface area contributed by atoms with E-state index in [9.17, 15) is 13.2 Å². The zero-order valence-corrected chi connectivity index (χ0v) is 18.9. The molecule has 1 aliphatic rings. The number of sulfonamides is 1. The molecule has 2 aromatic rings. The first kappa shape index (κ1) is 22.4. The number of carbonyl (C=O) groups excluding carboxylic acids is 1. The van der Waals surface area contributed by atoms with E-state index < -0.39 is 15.9 Å². The Morgan fingerprint density at radius 1 is 1.07 bits per heavy atom. The van der Waals surface area contributed by atoms with Crippen LogP contribution in [0.25, 0.3) is 0 Å². The normalized spacial score (nSPS) is 14.6. The van der Waals surface area contributed by atoms with Crippen molar-refractivity contribution >= 4 is 27.5 Å². The molecule has 1 aliphatic heterocycles. The maximum Gasteiger partial charge on any atom is 0.251 e. The van der Waals surface area contributed by atoms with E-state index in [-0.39, 0.29) is 27.4 Å². The first-order chi connectivity index (χ1) is 14.1. The van der Waals surface area contributed by atoms with Crippen LogP contribution in [0.3, 0.4) is 0 Å². The number of carbonyl (C=O) groups is 1. The minimum atomic E-state index is -3.78. The summed E-state index contributed by atoms with van der Waals surface area (Å²) in [6.45, 7) is 4.96. The standard InChI is InChI=1S/C21H25ClN2O5S/c1-13(2)20(14-6-8-17-18(11-14)29-10-9-28-17)23-21(25)15-5-7-16(22)19(12-15)30(26,27)24(3)4/h5-8,11-13,20H,9-10H2,1-4H3,(H,23,25). The molecule has 1 heterocycles. The summed E-state index contributed by atoms with van der Waals surface area (Å²) in [5.74, 6) is 1.00. The number of hydrogen-bond acceptors (Lipinski definition) is 5. The van der Waals surface area contributed by atoms with Gasteiger partial charge in [0.1, 0.15) is 18.1 Å². The highest BCUT2D eigenvalue weighted by Gasteiger charge is 2.25. The van der Waals surface area contributed by atoms with E-state index in [1.807, 2.05) is 32.0 Å². The van der Waals surface area contributed by atoms with Gasteiger partial charge in [0.25, 0.3) is 5.91 Å². The lowest BCUT2D eigenvalue weighted by Crippen LogP contribution is -2.32. The number of nitrogens with one attached hydrogen (secondary N) is 1. The SMILES string of the molecule is CC(C)C(NC(=O)c1ccc(Cl)c(S(=O)(=O)N(C)C)c1)c1ccc2c(c1)OCCO2. The molecule has 0 fully saturated rings. The molecule has 0 saturated heterocycles. The summed E-state index contributed by atoms with van der Waals surface area (Å²) in [5.41, 5.74) is 1.08. The lowest BCUT2D eigenvalue weighted by Gasteiger charge is -2.25. The van der Waals surface area contributed by atoms with Gasteiger partial charge in [-0.05, 0) is 41.8 Å². The first-order valence-corrected chi connectivity index (χ1v) is 11.4. The van der Waals surface area contributed by atoms with Gasteiger partial charge < -0.3 is 14.8 Å². The van der Waals surface area contributed by atoms with Crippen LogP contribution in [-0.4, -0.2) is 45.9 Å². The Morgan fingerprint density at radius 2 is 1.73 bits per heavy atom. The second-order valence-electron chi connectivity index (χ2n) is 7.53. The number of ether oxygens (including phenoxy) is 2. The molecule has 0 spiro atoms. The van der Waals surface area contributed by atoms with Crippen molar-refractivity contribution in [3.8, 4) is 11.5 Å². The molecule has 9 heteroatoms. The summed E-state index contributed by atoms with van der Waals surface area (Å²) in [6, 6.07) is 9.50. The van der Waals surface area contributed by atoms with Crippen LogP contribution in [-0.2, 0) is 10.0 Å². The highest BCUT2D eigenvalue weighted by Crippen LogP contribution is 2.34. The number of halogens is 1. The molecule has 0 aliphatic carbocycles. The molecule has 0 radical (unpaired) electrons. The van der Waals surface area contributed by atoms with Crippen molar-refractivity contribution in [2.24, 2.45) is 5.92 Å². The predicted molar refractivity (Wildman–Crippen MR) is 115 cm³/mol. The van der Waals surface area contributed by atoms with Crippen LogP contribution in [0.2, 0.25) is 5.02 Å². The second kappa shape index (κ2) is 8.83.